The predicted molar refractivity (Wildman–Crippen MR) is 74.3 cm³/mol. The maximum Gasteiger partial charge on any atom is 0.224 e. The van der Waals surface area contributed by atoms with Gasteiger partial charge in [0.1, 0.15) is 5.82 Å². The molecule has 0 unspecified atom stereocenters. The Morgan fingerprint density at radius 2 is 2.00 bits per heavy atom. The zero-order valence-corrected chi connectivity index (χ0v) is 11.3. The first-order valence-corrected chi connectivity index (χ1v) is 7.26. The van der Waals surface area contributed by atoms with Gasteiger partial charge in [-0.05, 0) is 30.4 Å². The summed E-state index contributed by atoms with van der Waals surface area (Å²) in [5, 5.41) is 2.88. The molecule has 2 rings (SSSR count). The van der Waals surface area contributed by atoms with Gasteiger partial charge >= 0.3 is 0 Å². The maximum atomic E-state index is 13.4. The molecule has 0 aliphatic heterocycles. The highest BCUT2D eigenvalue weighted by atomic mass is 19.1. The molecule has 0 aromatic heterocycles. The molecule has 19 heavy (non-hydrogen) atoms. The number of hydrogen-bond donors (Lipinski definition) is 1. The Balaban J connectivity index is 1.63. The molecule has 0 spiro atoms. The molecule has 104 valence electrons. The van der Waals surface area contributed by atoms with Gasteiger partial charge in [0.05, 0.1) is 6.42 Å². The highest BCUT2D eigenvalue weighted by molar-refractivity contribution is 5.78. The van der Waals surface area contributed by atoms with Crippen LogP contribution in [0.25, 0.3) is 0 Å². The van der Waals surface area contributed by atoms with Gasteiger partial charge < -0.3 is 5.32 Å². The molecule has 1 aromatic carbocycles. The highest BCUT2D eigenvalue weighted by Gasteiger charge is 2.14. The normalized spacial score (nSPS) is 15.6. The summed E-state index contributed by atoms with van der Waals surface area (Å²) in [5.41, 5.74) is 0.468. The zero-order valence-electron chi connectivity index (χ0n) is 11.3. The largest absolute Gasteiger partial charge is 0.356 e. The molecule has 2 nitrogen and oxygen atoms in total. The minimum Gasteiger partial charge on any atom is -0.356 e. The Labute approximate surface area is 114 Å². The lowest BCUT2D eigenvalue weighted by Gasteiger charge is -2.09. The van der Waals surface area contributed by atoms with Crippen molar-refractivity contribution in [3.05, 3.63) is 35.6 Å². The van der Waals surface area contributed by atoms with E-state index in [4.69, 9.17) is 0 Å². The zero-order chi connectivity index (χ0) is 13.5. The van der Waals surface area contributed by atoms with Crippen LogP contribution in [0.15, 0.2) is 24.3 Å². The molecule has 0 saturated heterocycles. The van der Waals surface area contributed by atoms with Gasteiger partial charge in [-0.3, -0.25) is 4.79 Å². The summed E-state index contributed by atoms with van der Waals surface area (Å²) in [7, 11) is 0. The van der Waals surface area contributed by atoms with E-state index in [1.165, 1.54) is 38.2 Å². The van der Waals surface area contributed by atoms with Crippen LogP contribution in [0.3, 0.4) is 0 Å². The fraction of sp³-hybridized carbons (Fsp3) is 0.562. The number of nitrogens with one attached hydrogen (secondary N) is 1. The molecule has 1 aliphatic carbocycles. The van der Waals surface area contributed by atoms with Crippen LogP contribution < -0.4 is 5.32 Å². The Hall–Kier alpha value is -1.38. The molecule has 0 bridgehead atoms. The van der Waals surface area contributed by atoms with Gasteiger partial charge in [-0.1, -0.05) is 43.9 Å². The first-order valence-electron chi connectivity index (χ1n) is 7.26. The molecule has 0 heterocycles. The first-order chi connectivity index (χ1) is 9.25. The summed E-state index contributed by atoms with van der Waals surface area (Å²) >= 11 is 0. The Morgan fingerprint density at radius 3 is 2.74 bits per heavy atom. The number of carbonyl (C=O) groups is 1. The molecule has 1 fully saturated rings. The van der Waals surface area contributed by atoms with Crippen molar-refractivity contribution in [1.29, 1.82) is 0 Å². The SMILES string of the molecule is O=C(Cc1ccccc1F)NCCCC1CCCC1. The van der Waals surface area contributed by atoms with Gasteiger partial charge in [0, 0.05) is 6.54 Å². The van der Waals surface area contributed by atoms with Crippen LogP contribution in [0.1, 0.15) is 44.1 Å². The van der Waals surface area contributed by atoms with Gasteiger partial charge in [-0.2, -0.15) is 0 Å². The van der Waals surface area contributed by atoms with Gasteiger partial charge in [0.15, 0.2) is 0 Å². The van der Waals surface area contributed by atoms with Crippen LogP contribution >= 0.6 is 0 Å². The van der Waals surface area contributed by atoms with E-state index >= 15 is 0 Å². The third-order valence-corrected chi connectivity index (χ3v) is 3.89. The average Bonchev–Trinajstić information content (AvgIpc) is 2.91. The molecule has 1 saturated carbocycles. The van der Waals surface area contributed by atoms with Gasteiger partial charge in [0.25, 0.3) is 0 Å². The molecule has 1 N–H and O–H groups in total. The topological polar surface area (TPSA) is 29.1 Å². The van der Waals surface area contributed by atoms with Crippen LogP contribution in [-0.4, -0.2) is 12.5 Å². The predicted octanol–water partition coefficient (Wildman–Crippen LogP) is 3.45. The Bertz CT molecular complexity index is 413. The second kappa shape index (κ2) is 7.27. The van der Waals surface area contributed by atoms with Gasteiger partial charge in [-0.25, -0.2) is 4.39 Å². The lowest BCUT2D eigenvalue weighted by Crippen LogP contribution is -2.26. The van der Waals surface area contributed by atoms with Crippen molar-refractivity contribution in [1.82, 2.24) is 5.32 Å². The van der Waals surface area contributed by atoms with Crippen LogP contribution in [-0.2, 0) is 11.2 Å². The summed E-state index contributed by atoms with van der Waals surface area (Å²) in [4.78, 5) is 11.7. The highest BCUT2D eigenvalue weighted by Crippen LogP contribution is 2.28. The van der Waals surface area contributed by atoms with Crippen LogP contribution in [0, 0.1) is 11.7 Å². The van der Waals surface area contributed by atoms with E-state index in [2.05, 4.69) is 5.32 Å². The Kier molecular flexibility index (Phi) is 5.37. The van der Waals surface area contributed by atoms with Crippen molar-refractivity contribution in [2.24, 2.45) is 5.92 Å². The van der Waals surface area contributed by atoms with Crippen molar-refractivity contribution >= 4 is 5.91 Å². The fourth-order valence-electron chi connectivity index (χ4n) is 2.79. The number of halogens is 1. The quantitative estimate of drug-likeness (QED) is 0.782. The third-order valence-electron chi connectivity index (χ3n) is 3.89. The van der Waals surface area contributed by atoms with E-state index in [0.717, 1.165) is 12.3 Å². The van der Waals surface area contributed by atoms with E-state index in [1.807, 2.05) is 0 Å². The molecule has 0 atom stereocenters. The van der Waals surface area contributed by atoms with Crippen molar-refractivity contribution in [3.8, 4) is 0 Å². The summed E-state index contributed by atoms with van der Waals surface area (Å²) < 4.78 is 13.4. The smallest absolute Gasteiger partial charge is 0.224 e. The minimum absolute atomic E-state index is 0.0866. The summed E-state index contributed by atoms with van der Waals surface area (Å²) in [5.74, 6) is 0.476. The summed E-state index contributed by atoms with van der Waals surface area (Å²) in [6.07, 6.45) is 7.81. The number of amides is 1. The van der Waals surface area contributed by atoms with Crippen LogP contribution in [0.4, 0.5) is 4.39 Å². The molecule has 3 heteroatoms. The fourth-order valence-corrected chi connectivity index (χ4v) is 2.79. The van der Waals surface area contributed by atoms with E-state index in [9.17, 15) is 9.18 Å². The first kappa shape index (κ1) is 14.0. The molecule has 1 aliphatic rings. The van der Waals surface area contributed by atoms with Crippen molar-refractivity contribution in [3.63, 3.8) is 0 Å². The summed E-state index contributed by atoms with van der Waals surface area (Å²) in [6, 6.07) is 6.44. The van der Waals surface area contributed by atoms with E-state index in [0.29, 0.717) is 12.1 Å². The van der Waals surface area contributed by atoms with E-state index in [1.54, 1.807) is 18.2 Å². The molecule has 1 aromatic rings. The average molecular weight is 263 g/mol. The number of carbonyl (C=O) groups excluding carboxylic acids is 1. The molecular weight excluding hydrogens is 241 g/mol. The lowest BCUT2D eigenvalue weighted by atomic mass is 10.0. The van der Waals surface area contributed by atoms with Crippen LogP contribution in [0.5, 0.6) is 0 Å². The second-order valence-electron chi connectivity index (χ2n) is 5.41. The van der Waals surface area contributed by atoms with E-state index in [-0.39, 0.29) is 18.1 Å². The van der Waals surface area contributed by atoms with Gasteiger partial charge in [-0.15, -0.1) is 0 Å². The monoisotopic (exact) mass is 263 g/mol. The number of benzene rings is 1. The molecule has 1 amide bonds. The van der Waals surface area contributed by atoms with Gasteiger partial charge in [0.2, 0.25) is 5.91 Å². The second-order valence-corrected chi connectivity index (χ2v) is 5.41. The number of rotatable bonds is 6. The van der Waals surface area contributed by atoms with Crippen molar-refractivity contribution in [2.75, 3.05) is 6.54 Å². The summed E-state index contributed by atoms with van der Waals surface area (Å²) in [6.45, 7) is 0.712. The lowest BCUT2D eigenvalue weighted by molar-refractivity contribution is -0.120. The minimum atomic E-state index is -0.302. The standard InChI is InChI=1S/C16H22FNO/c17-15-10-4-3-9-14(15)12-16(19)18-11-5-8-13-6-1-2-7-13/h3-4,9-10,13H,1-2,5-8,11-12H2,(H,18,19). The van der Waals surface area contributed by atoms with Crippen LogP contribution in [0.2, 0.25) is 0 Å². The maximum absolute atomic E-state index is 13.4. The van der Waals surface area contributed by atoms with E-state index < -0.39 is 0 Å². The Morgan fingerprint density at radius 1 is 1.26 bits per heavy atom. The molecular formula is C16H22FNO. The molecule has 0 radical (unpaired) electrons. The number of hydrogen-bond acceptors (Lipinski definition) is 1. The third kappa shape index (κ3) is 4.66. The van der Waals surface area contributed by atoms with Crippen molar-refractivity contribution < 1.29 is 9.18 Å². The van der Waals surface area contributed by atoms with Crippen molar-refractivity contribution in [2.45, 2.75) is 44.9 Å².